The zero-order chi connectivity index (χ0) is 9.97. The van der Waals surface area contributed by atoms with Gasteiger partial charge < -0.3 is 0 Å². The molecule has 0 saturated carbocycles. The molecule has 1 aliphatic rings. The third kappa shape index (κ3) is 1.85. The molecule has 0 nitrogen and oxygen atoms in total. The molecule has 1 aromatic carbocycles. The van der Waals surface area contributed by atoms with E-state index in [1.54, 1.807) is 0 Å². The Balaban J connectivity index is 2.58. The monoisotopic (exact) mass is 182 g/mol. The molecule has 0 bridgehead atoms. The molecule has 0 spiro atoms. The molecular formula is C14H14. The number of rotatable bonds is 0. The van der Waals surface area contributed by atoms with Gasteiger partial charge in [-0.2, -0.15) is 0 Å². The van der Waals surface area contributed by atoms with E-state index in [-0.39, 0.29) is 0 Å². The van der Waals surface area contributed by atoms with Crippen LogP contribution >= 0.6 is 0 Å². The Kier molecular flexibility index (Phi) is 2.36. The Labute approximate surface area is 85.3 Å². The van der Waals surface area contributed by atoms with E-state index in [1.165, 1.54) is 22.3 Å². The van der Waals surface area contributed by atoms with E-state index < -0.39 is 0 Å². The molecule has 1 aliphatic carbocycles. The Hall–Kier alpha value is -1.56. The highest BCUT2D eigenvalue weighted by molar-refractivity contribution is 5.70. The van der Waals surface area contributed by atoms with Crippen molar-refractivity contribution in [2.24, 2.45) is 0 Å². The average molecular weight is 182 g/mol. The molecule has 0 heterocycles. The fraction of sp³-hybridized carbons (Fsp3) is 0.143. The van der Waals surface area contributed by atoms with Gasteiger partial charge in [-0.3, -0.25) is 0 Å². The lowest BCUT2D eigenvalue weighted by molar-refractivity contribution is 1.44. The van der Waals surface area contributed by atoms with Crippen molar-refractivity contribution in [3.8, 4) is 0 Å². The minimum atomic E-state index is 1.29. The summed E-state index contributed by atoms with van der Waals surface area (Å²) in [6, 6.07) is 8.45. The highest BCUT2D eigenvalue weighted by Gasteiger charge is 1.98. The van der Waals surface area contributed by atoms with Crippen LogP contribution in [-0.2, 0) is 0 Å². The molecule has 2 rings (SSSR count). The minimum absolute atomic E-state index is 1.29. The van der Waals surface area contributed by atoms with E-state index in [1.807, 2.05) is 0 Å². The van der Waals surface area contributed by atoms with E-state index in [9.17, 15) is 0 Å². The molecule has 14 heavy (non-hydrogen) atoms. The van der Waals surface area contributed by atoms with Gasteiger partial charge in [-0.25, -0.2) is 0 Å². The number of hydrogen-bond acceptors (Lipinski definition) is 0. The van der Waals surface area contributed by atoms with Crippen LogP contribution < -0.4 is 0 Å². The summed E-state index contributed by atoms with van der Waals surface area (Å²) in [5, 5.41) is 0. The molecule has 1 aromatic rings. The van der Waals surface area contributed by atoms with Crippen LogP contribution in [0.4, 0.5) is 0 Å². The number of allylic oxidation sites excluding steroid dienone is 4. The second-order valence-electron chi connectivity index (χ2n) is 3.74. The molecule has 70 valence electrons. The predicted octanol–water partition coefficient (Wildman–Crippen LogP) is 4.06. The maximum Gasteiger partial charge on any atom is -0.0181 e. The Morgan fingerprint density at radius 1 is 0.714 bits per heavy atom. The highest BCUT2D eigenvalue weighted by Crippen LogP contribution is 2.19. The second-order valence-corrected chi connectivity index (χ2v) is 3.74. The van der Waals surface area contributed by atoms with Crippen LogP contribution in [0.3, 0.4) is 0 Å². The topological polar surface area (TPSA) is 0 Å². The zero-order valence-corrected chi connectivity index (χ0v) is 8.62. The van der Waals surface area contributed by atoms with E-state index >= 15 is 0 Å². The molecule has 0 aromatic heterocycles. The molecule has 0 N–H and O–H groups in total. The normalized spacial score (nSPS) is 24.7. The van der Waals surface area contributed by atoms with Crippen LogP contribution in [0.1, 0.15) is 25.0 Å². The third-order valence-corrected chi connectivity index (χ3v) is 2.36. The van der Waals surface area contributed by atoms with Crippen LogP contribution in [0, 0.1) is 0 Å². The van der Waals surface area contributed by atoms with Crippen molar-refractivity contribution >= 4 is 12.2 Å². The largest absolute Gasteiger partial charge is 0.0616 e. The fourth-order valence-electron chi connectivity index (χ4n) is 1.71. The van der Waals surface area contributed by atoms with Crippen molar-refractivity contribution in [2.45, 2.75) is 13.8 Å². The third-order valence-electron chi connectivity index (χ3n) is 2.36. The fourth-order valence-corrected chi connectivity index (χ4v) is 1.71. The molecule has 0 heteroatoms. The molecule has 0 saturated heterocycles. The highest BCUT2D eigenvalue weighted by atomic mass is 14.0. The lowest BCUT2D eigenvalue weighted by Gasteiger charge is -2.05. The van der Waals surface area contributed by atoms with E-state index in [0.717, 1.165) is 0 Å². The minimum Gasteiger partial charge on any atom is -0.0616 e. The first-order valence-electron chi connectivity index (χ1n) is 4.89. The van der Waals surface area contributed by atoms with Crippen molar-refractivity contribution in [1.82, 2.24) is 0 Å². The molecule has 0 atom stereocenters. The Bertz CT molecular complexity index is 431. The summed E-state index contributed by atoms with van der Waals surface area (Å²) < 4.78 is 0. The Morgan fingerprint density at radius 3 is 2.21 bits per heavy atom. The molecular weight excluding hydrogens is 168 g/mol. The molecule has 0 aliphatic heterocycles. The summed E-state index contributed by atoms with van der Waals surface area (Å²) in [5.41, 5.74) is 5.19. The summed E-state index contributed by atoms with van der Waals surface area (Å²) in [5.74, 6) is 0. The van der Waals surface area contributed by atoms with E-state index in [2.05, 4.69) is 62.4 Å². The lowest BCUT2D eigenvalue weighted by Crippen LogP contribution is -1.84. The van der Waals surface area contributed by atoms with Crippen LogP contribution in [0.5, 0.6) is 0 Å². The molecule has 0 radical (unpaired) electrons. The van der Waals surface area contributed by atoms with Crippen LogP contribution in [0.15, 0.2) is 47.6 Å². The lowest BCUT2D eigenvalue weighted by atomic mass is 10.0. The summed E-state index contributed by atoms with van der Waals surface area (Å²) >= 11 is 0. The first-order valence-corrected chi connectivity index (χ1v) is 4.89. The van der Waals surface area contributed by atoms with Crippen molar-refractivity contribution in [3.05, 3.63) is 58.7 Å². The summed E-state index contributed by atoms with van der Waals surface area (Å²) in [4.78, 5) is 0. The predicted molar refractivity (Wildman–Crippen MR) is 62.9 cm³/mol. The van der Waals surface area contributed by atoms with Gasteiger partial charge in [-0.15, -0.1) is 0 Å². The van der Waals surface area contributed by atoms with Crippen molar-refractivity contribution < 1.29 is 0 Å². The van der Waals surface area contributed by atoms with Gasteiger partial charge in [-0.1, -0.05) is 59.7 Å². The summed E-state index contributed by atoms with van der Waals surface area (Å²) in [7, 11) is 0. The quantitative estimate of drug-likeness (QED) is 0.567. The van der Waals surface area contributed by atoms with Crippen LogP contribution in [0.25, 0.3) is 12.2 Å². The molecule has 0 fully saturated rings. The van der Waals surface area contributed by atoms with Crippen LogP contribution in [-0.4, -0.2) is 0 Å². The maximum atomic E-state index is 2.22. The number of benzene rings is 1. The van der Waals surface area contributed by atoms with Crippen molar-refractivity contribution in [1.29, 1.82) is 0 Å². The first kappa shape index (κ1) is 9.01. The second kappa shape index (κ2) is 3.67. The smallest absolute Gasteiger partial charge is 0.0181 e. The van der Waals surface area contributed by atoms with Gasteiger partial charge in [-0.05, 0) is 25.0 Å². The van der Waals surface area contributed by atoms with Gasteiger partial charge in [0.05, 0.1) is 0 Å². The maximum absolute atomic E-state index is 2.22. The standard InChI is InChI=1S/C14H14/c1-11-7-8-13-5-3-4-6-14(13)10-12(2)9-11/h3-10H,1-2H3/b8-7-,11-7?,11-9-,12-9?,12-10-,13-8?,14-10?. The van der Waals surface area contributed by atoms with Crippen molar-refractivity contribution in [2.75, 3.05) is 0 Å². The first-order chi connectivity index (χ1) is 6.75. The van der Waals surface area contributed by atoms with Gasteiger partial charge in [0.25, 0.3) is 0 Å². The van der Waals surface area contributed by atoms with Gasteiger partial charge in [0.15, 0.2) is 0 Å². The molecule has 0 unspecified atom stereocenters. The van der Waals surface area contributed by atoms with Crippen molar-refractivity contribution in [3.63, 3.8) is 0 Å². The number of hydrogen-bond donors (Lipinski definition) is 0. The van der Waals surface area contributed by atoms with Gasteiger partial charge >= 0.3 is 0 Å². The van der Waals surface area contributed by atoms with E-state index in [4.69, 9.17) is 0 Å². The van der Waals surface area contributed by atoms with Gasteiger partial charge in [0.1, 0.15) is 0 Å². The van der Waals surface area contributed by atoms with Crippen LogP contribution in [0.2, 0.25) is 0 Å². The number of fused-ring (bicyclic) bond motifs is 1. The van der Waals surface area contributed by atoms with E-state index in [0.29, 0.717) is 0 Å². The SMILES string of the molecule is CC1=C/C(C)=C\c2ccccc2/C=C\1. The Morgan fingerprint density at radius 2 is 1.43 bits per heavy atom. The molecule has 0 amide bonds. The summed E-state index contributed by atoms with van der Waals surface area (Å²) in [6.45, 7) is 4.27. The van der Waals surface area contributed by atoms with Gasteiger partial charge in [0.2, 0.25) is 0 Å². The zero-order valence-electron chi connectivity index (χ0n) is 8.62. The van der Waals surface area contributed by atoms with Gasteiger partial charge in [0, 0.05) is 0 Å². The average Bonchev–Trinajstić information content (AvgIpc) is 2.14. The summed E-state index contributed by atoms with van der Waals surface area (Å²) in [6.07, 6.45) is 8.76.